The zero-order chi connectivity index (χ0) is 15.6. The summed E-state index contributed by atoms with van der Waals surface area (Å²) in [6.45, 7) is 4.98. The summed E-state index contributed by atoms with van der Waals surface area (Å²) in [4.78, 5) is 11.8. The summed E-state index contributed by atoms with van der Waals surface area (Å²) >= 11 is 1.91. The maximum absolute atomic E-state index is 11.8. The third-order valence-corrected chi connectivity index (χ3v) is 4.72. The van der Waals surface area contributed by atoms with Crippen molar-refractivity contribution in [3.05, 3.63) is 24.3 Å². The number of thioether (sulfide) groups is 1. The average Bonchev–Trinajstić information content (AvgIpc) is 2.55. The van der Waals surface area contributed by atoms with Gasteiger partial charge in [-0.1, -0.05) is 0 Å². The number of carbonyl (C=O) groups is 1. The number of carbonyl (C=O) groups excluding carboxylic acids is 1. The molecule has 1 aromatic carbocycles. The minimum atomic E-state index is -0.170. The standard InChI is InChI=1S/C16H24N2O3S/c1-2-21-14-5-3-13(4-6-14)18-16(19)17-9-12-22-15-7-10-20-11-8-15/h3-6,15H,2,7-12H2,1H3,(H2,17,18,19). The van der Waals surface area contributed by atoms with Gasteiger partial charge in [-0.2, -0.15) is 11.8 Å². The quantitative estimate of drug-likeness (QED) is 0.757. The highest BCUT2D eigenvalue weighted by Crippen LogP contribution is 2.21. The van der Waals surface area contributed by atoms with E-state index in [0.717, 1.165) is 43.2 Å². The van der Waals surface area contributed by atoms with Crippen LogP contribution in [-0.4, -0.2) is 43.4 Å². The average molecular weight is 324 g/mol. The third kappa shape index (κ3) is 6.15. The highest BCUT2D eigenvalue weighted by molar-refractivity contribution is 7.99. The lowest BCUT2D eigenvalue weighted by atomic mass is 10.2. The van der Waals surface area contributed by atoms with Gasteiger partial charge in [-0.05, 0) is 44.0 Å². The Hall–Kier alpha value is -1.40. The second-order valence-electron chi connectivity index (χ2n) is 5.02. The van der Waals surface area contributed by atoms with Gasteiger partial charge in [0.15, 0.2) is 0 Å². The number of urea groups is 1. The summed E-state index contributed by atoms with van der Waals surface area (Å²) in [5.74, 6) is 1.74. The van der Waals surface area contributed by atoms with Gasteiger partial charge in [-0.3, -0.25) is 0 Å². The van der Waals surface area contributed by atoms with E-state index in [9.17, 15) is 4.79 Å². The first-order valence-electron chi connectivity index (χ1n) is 7.75. The number of rotatable bonds is 7. The topological polar surface area (TPSA) is 59.6 Å². The number of anilines is 1. The van der Waals surface area contributed by atoms with Crippen molar-refractivity contribution in [3.8, 4) is 5.75 Å². The van der Waals surface area contributed by atoms with Gasteiger partial charge >= 0.3 is 6.03 Å². The monoisotopic (exact) mass is 324 g/mol. The maximum atomic E-state index is 11.8. The number of benzene rings is 1. The van der Waals surface area contributed by atoms with Crippen LogP contribution in [0.4, 0.5) is 10.5 Å². The van der Waals surface area contributed by atoms with Gasteiger partial charge in [0.05, 0.1) is 6.61 Å². The molecule has 0 spiro atoms. The normalized spacial score (nSPS) is 15.3. The molecule has 122 valence electrons. The first kappa shape index (κ1) is 17.0. The molecular weight excluding hydrogens is 300 g/mol. The fourth-order valence-corrected chi connectivity index (χ4v) is 3.29. The molecule has 1 aromatic rings. The van der Waals surface area contributed by atoms with Crippen LogP contribution in [0, 0.1) is 0 Å². The zero-order valence-electron chi connectivity index (χ0n) is 13.0. The zero-order valence-corrected chi connectivity index (χ0v) is 13.8. The molecule has 2 N–H and O–H groups in total. The number of hydrogen-bond donors (Lipinski definition) is 2. The fraction of sp³-hybridized carbons (Fsp3) is 0.562. The molecule has 2 amide bonds. The number of ether oxygens (including phenoxy) is 2. The fourth-order valence-electron chi connectivity index (χ4n) is 2.21. The molecule has 6 heteroatoms. The molecule has 0 bridgehead atoms. The van der Waals surface area contributed by atoms with Crippen molar-refractivity contribution in [3.63, 3.8) is 0 Å². The summed E-state index contributed by atoms with van der Waals surface area (Å²) in [6, 6.07) is 7.19. The Kier molecular flexibility index (Phi) is 7.39. The van der Waals surface area contributed by atoms with E-state index in [1.807, 2.05) is 43.0 Å². The third-order valence-electron chi connectivity index (χ3n) is 3.33. The van der Waals surface area contributed by atoms with E-state index in [1.165, 1.54) is 0 Å². The molecule has 1 saturated heterocycles. The van der Waals surface area contributed by atoms with Crippen LogP contribution in [0.1, 0.15) is 19.8 Å². The van der Waals surface area contributed by atoms with Crippen molar-refractivity contribution >= 4 is 23.5 Å². The number of hydrogen-bond acceptors (Lipinski definition) is 4. The van der Waals surface area contributed by atoms with Crippen LogP contribution in [0.25, 0.3) is 0 Å². The molecule has 0 saturated carbocycles. The van der Waals surface area contributed by atoms with E-state index in [1.54, 1.807) is 0 Å². The number of nitrogens with one attached hydrogen (secondary N) is 2. The van der Waals surface area contributed by atoms with Gasteiger partial charge in [0.2, 0.25) is 0 Å². The van der Waals surface area contributed by atoms with E-state index < -0.39 is 0 Å². The minimum Gasteiger partial charge on any atom is -0.494 e. The van der Waals surface area contributed by atoms with E-state index in [4.69, 9.17) is 9.47 Å². The Balaban J connectivity index is 1.60. The van der Waals surface area contributed by atoms with E-state index >= 15 is 0 Å². The van der Waals surface area contributed by atoms with E-state index in [0.29, 0.717) is 18.4 Å². The highest BCUT2D eigenvalue weighted by Gasteiger charge is 2.13. The van der Waals surface area contributed by atoms with Crippen LogP contribution in [0.15, 0.2) is 24.3 Å². The Morgan fingerprint density at radius 2 is 2.05 bits per heavy atom. The lowest BCUT2D eigenvalue weighted by Crippen LogP contribution is -2.31. The molecule has 0 aliphatic carbocycles. The SMILES string of the molecule is CCOc1ccc(NC(=O)NCCSC2CCOCC2)cc1. The Morgan fingerprint density at radius 1 is 1.32 bits per heavy atom. The predicted molar refractivity (Wildman–Crippen MR) is 90.9 cm³/mol. The highest BCUT2D eigenvalue weighted by atomic mass is 32.2. The van der Waals surface area contributed by atoms with Gasteiger partial charge in [0.1, 0.15) is 5.75 Å². The Labute approximate surface area is 136 Å². The summed E-state index contributed by atoms with van der Waals surface area (Å²) < 4.78 is 10.7. The smallest absolute Gasteiger partial charge is 0.319 e. The molecule has 1 heterocycles. The van der Waals surface area contributed by atoms with Gasteiger partial charge in [0.25, 0.3) is 0 Å². The molecule has 0 unspecified atom stereocenters. The maximum Gasteiger partial charge on any atom is 0.319 e. The van der Waals surface area contributed by atoms with Crippen molar-refractivity contribution in [1.82, 2.24) is 5.32 Å². The lowest BCUT2D eigenvalue weighted by Gasteiger charge is -2.21. The molecule has 22 heavy (non-hydrogen) atoms. The van der Waals surface area contributed by atoms with Crippen LogP contribution in [-0.2, 0) is 4.74 Å². The van der Waals surface area contributed by atoms with Crippen LogP contribution in [0.2, 0.25) is 0 Å². The summed E-state index contributed by atoms with van der Waals surface area (Å²) in [6.07, 6.45) is 2.23. The molecule has 5 nitrogen and oxygen atoms in total. The second kappa shape index (κ2) is 9.58. The van der Waals surface area contributed by atoms with Gasteiger partial charge in [-0.15, -0.1) is 0 Å². The van der Waals surface area contributed by atoms with Crippen molar-refractivity contribution in [2.75, 3.05) is 37.4 Å². The molecule has 1 aliphatic rings. The molecule has 0 atom stereocenters. The van der Waals surface area contributed by atoms with Gasteiger partial charge < -0.3 is 20.1 Å². The first-order chi connectivity index (χ1) is 10.8. The van der Waals surface area contributed by atoms with Crippen LogP contribution < -0.4 is 15.4 Å². The number of amides is 2. The van der Waals surface area contributed by atoms with Crippen molar-refractivity contribution in [2.45, 2.75) is 25.0 Å². The first-order valence-corrected chi connectivity index (χ1v) is 8.80. The molecule has 1 aliphatic heterocycles. The summed E-state index contributed by atoms with van der Waals surface area (Å²) in [5, 5.41) is 6.36. The van der Waals surface area contributed by atoms with E-state index in [2.05, 4.69) is 10.6 Å². The van der Waals surface area contributed by atoms with Gasteiger partial charge in [-0.25, -0.2) is 4.79 Å². The van der Waals surface area contributed by atoms with Crippen molar-refractivity contribution < 1.29 is 14.3 Å². The van der Waals surface area contributed by atoms with Crippen LogP contribution >= 0.6 is 11.8 Å². The second-order valence-corrected chi connectivity index (χ2v) is 6.43. The molecule has 2 rings (SSSR count). The molecule has 1 fully saturated rings. The Morgan fingerprint density at radius 3 is 2.73 bits per heavy atom. The van der Waals surface area contributed by atoms with Crippen molar-refractivity contribution in [1.29, 1.82) is 0 Å². The van der Waals surface area contributed by atoms with Crippen LogP contribution in [0.3, 0.4) is 0 Å². The molecular formula is C16H24N2O3S. The minimum absolute atomic E-state index is 0.170. The predicted octanol–water partition coefficient (Wildman–Crippen LogP) is 3.12. The van der Waals surface area contributed by atoms with Crippen LogP contribution in [0.5, 0.6) is 5.75 Å². The lowest BCUT2D eigenvalue weighted by molar-refractivity contribution is 0.100. The summed E-state index contributed by atoms with van der Waals surface area (Å²) in [7, 11) is 0. The largest absolute Gasteiger partial charge is 0.494 e. The summed E-state index contributed by atoms with van der Waals surface area (Å²) in [5.41, 5.74) is 0.762. The Bertz CT molecular complexity index is 447. The molecule has 0 radical (unpaired) electrons. The van der Waals surface area contributed by atoms with Crippen molar-refractivity contribution in [2.24, 2.45) is 0 Å². The van der Waals surface area contributed by atoms with Gasteiger partial charge in [0, 0.05) is 36.4 Å². The van der Waals surface area contributed by atoms with E-state index in [-0.39, 0.29) is 6.03 Å². The molecule has 0 aromatic heterocycles.